The summed E-state index contributed by atoms with van der Waals surface area (Å²) in [6, 6.07) is 0. The molecule has 2 N–H and O–H groups in total. The second-order valence-corrected chi connectivity index (χ2v) is 2.88. The number of nitrogens with two attached hydrogens (primary N) is 1. The van der Waals surface area contributed by atoms with Crippen molar-refractivity contribution in [3.8, 4) is 0 Å². The van der Waals surface area contributed by atoms with Crippen molar-refractivity contribution in [2.45, 2.75) is 12.5 Å². The van der Waals surface area contributed by atoms with Crippen molar-refractivity contribution in [3.63, 3.8) is 0 Å². The van der Waals surface area contributed by atoms with Gasteiger partial charge in [-0.3, -0.25) is 14.8 Å². The Kier molecular flexibility index (Phi) is 9.88. The smallest absolute Gasteiger partial charge is 0.309 e. The van der Waals surface area contributed by atoms with Gasteiger partial charge in [0.05, 0.1) is 19.7 Å². The van der Waals surface area contributed by atoms with Crippen LogP contribution >= 0.6 is 0 Å². The van der Waals surface area contributed by atoms with E-state index in [1.165, 1.54) is 12.4 Å². The first kappa shape index (κ1) is 15.4. The van der Waals surface area contributed by atoms with Crippen LogP contribution in [-0.2, 0) is 19.1 Å². The van der Waals surface area contributed by atoms with E-state index in [0.717, 1.165) is 0 Å². The number of carbonyl (C=O) groups excluding carboxylic acids is 2. The number of nitrogens with zero attached hydrogens (tertiary/aromatic N) is 2. The molecule has 0 aromatic carbocycles. The fraction of sp³-hybridized carbons (Fsp3) is 0.600. The maximum absolute atomic E-state index is 11.2. The maximum Gasteiger partial charge on any atom is 0.309 e. The van der Waals surface area contributed by atoms with Gasteiger partial charge in [0.25, 0.3) is 0 Å². The first-order chi connectivity index (χ1) is 8.24. The highest BCUT2D eigenvalue weighted by Gasteiger charge is 2.13. The molecule has 0 saturated carbocycles. The van der Waals surface area contributed by atoms with Crippen molar-refractivity contribution < 1.29 is 19.1 Å². The summed E-state index contributed by atoms with van der Waals surface area (Å²) in [5.74, 6) is -0.529. The van der Waals surface area contributed by atoms with Crippen molar-refractivity contribution >= 4 is 24.7 Å². The van der Waals surface area contributed by atoms with Gasteiger partial charge in [-0.25, -0.2) is 0 Å². The minimum Gasteiger partial charge on any atom is -0.460 e. The predicted octanol–water partition coefficient (Wildman–Crippen LogP) is -0.809. The Balaban J connectivity index is 3.81. The Morgan fingerprint density at radius 1 is 1.41 bits per heavy atom. The van der Waals surface area contributed by atoms with Crippen LogP contribution in [0.5, 0.6) is 0 Å². The number of rotatable bonds is 9. The molecule has 17 heavy (non-hydrogen) atoms. The van der Waals surface area contributed by atoms with E-state index >= 15 is 0 Å². The fourth-order valence-corrected chi connectivity index (χ4v) is 0.868. The Morgan fingerprint density at radius 2 is 2.18 bits per heavy atom. The van der Waals surface area contributed by atoms with Gasteiger partial charge in [0.15, 0.2) is 0 Å². The first-order valence-electron chi connectivity index (χ1n) is 5.06. The lowest BCUT2D eigenvalue weighted by Crippen LogP contribution is -2.22. The normalized spacial score (nSPS) is 13.1. The molecule has 1 unspecified atom stereocenters. The minimum atomic E-state index is -0.813. The van der Waals surface area contributed by atoms with Crippen LogP contribution in [-0.4, -0.2) is 57.7 Å². The van der Waals surface area contributed by atoms with Gasteiger partial charge in [0.1, 0.15) is 19.0 Å². The van der Waals surface area contributed by atoms with E-state index in [1.54, 1.807) is 7.05 Å². The highest BCUT2D eigenvalue weighted by atomic mass is 16.5. The molecular formula is C10H17N3O4. The molecule has 0 bridgehead atoms. The van der Waals surface area contributed by atoms with Crippen LogP contribution in [0.15, 0.2) is 9.98 Å². The van der Waals surface area contributed by atoms with Crippen LogP contribution < -0.4 is 5.73 Å². The standard InChI is InChI=1S/C10H17N3O4/c1-12-2-4-16-9(7-14)6-10(15)17-5-3-13-8-11/h2-3,7,9H,4-6,8,11H2,1H3. The molecule has 7 nitrogen and oxygen atoms in total. The van der Waals surface area contributed by atoms with Crippen LogP contribution in [0.4, 0.5) is 0 Å². The third kappa shape index (κ3) is 9.34. The van der Waals surface area contributed by atoms with Gasteiger partial charge >= 0.3 is 5.97 Å². The Morgan fingerprint density at radius 3 is 2.76 bits per heavy atom. The lowest BCUT2D eigenvalue weighted by molar-refractivity contribution is -0.146. The predicted molar refractivity (Wildman–Crippen MR) is 63.3 cm³/mol. The molecule has 7 heteroatoms. The average Bonchev–Trinajstić information content (AvgIpc) is 2.33. The third-order valence-corrected chi connectivity index (χ3v) is 1.64. The average molecular weight is 243 g/mol. The van der Waals surface area contributed by atoms with E-state index in [9.17, 15) is 9.59 Å². The van der Waals surface area contributed by atoms with Crippen LogP contribution in [0.2, 0.25) is 0 Å². The number of ether oxygens (including phenoxy) is 2. The molecule has 0 aromatic rings. The second-order valence-electron chi connectivity index (χ2n) is 2.88. The van der Waals surface area contributed by atoms with Gasteiger partial charge in [-0.15, -0.1) is 0 Å². The minimum absolute atomic E-state index is 0.0397. The Bertz CT molecular complexity index is 279. The maximum atomic E-state index is 11.2. The number of hydrogen-bond acceptors (Lipinski definition) is 7. The monoisotopic (exact) mass is 243 g/mol. The van der Waals surface area contributed by atoms with E-state index in [0.29, 0.717) is 6.29 Å². The van der Waals surface area contributed by atoms with Gasteiger partial charge in [0.2, 0.25) is 0 Å². The first-order valence-corrected chi connectivity index (χ1v) is 5.06. The van der Waals surface area contributed by atoms with E-state index in [-0.39, 0.29) is 26.3 Å². The van der Waals surface area contributed by atoms with Gasteiger partial charge in [0, 0.05) is 19.5 Å². The molecule has 0 amide bonds. The molecule has 0 rings (SSSR count). The molecule has 0 heterocycles. The van der Waals surface area contributed by atoms with Gasteiger partial charge in [-0.1, -0.05) is 0 Å². The molecule has 0 aliphatic rings. The molecule has 0 fully saturated rings. The lowest BCUT2D eigenvalue weighted by Gasteiger charge is -2.08. The lowest BCUT2D eigenvalue weighted by atomic mass is 10.3. The third-order valence-electron chi connectivity index (χ3n) is 1.64. The summed E-state index contributed by atoms with van der Waals surface area (Å²) in [4.78, 5) is 29.2. The topological polar surface area (TPSA) is 103 Å². The summed E-state index contributed by atoms with van der Waals surface area (Å²) in [5.41, 5.74) is 5.10. The largest absolute Gasteiger partial charge is 0.460 e. The molecular weight excluding hydrogens is 226 g/mol. The van der Waals surface area contributed by atoms with Crippen molar-refractivity contribution in [1.29, 1.82) is 0 Å². The quantitative estimate of drug-likeness (QED) is 0.324. The number of aldehydes is 1. The number of carbonyl (C=O) groups is 2. The zero-order valence-electron chi connectivity index (χ0n) is 9.74. The van der Waals surface area contributed by atoms with E-state index in [4.69, 9.17) is 15.2 Å². The van der Waals surface area contributed by atoms with Crippen LogP contribution in [0.25, 0.3) is 0 Å². The summed E-state index contributed by atoms with van der Waals surface area (Å²) in [5, 5.41) is 0. The zero-order valence-corrected chi connectivity index (χ0v) is 9.74. The zero-order chi connectivity index (χ0) is 12.9. The fourth-order valence-electron chi connectivity index (χ4n) is 0.868. The summed E-state index contributed by atoms with van der Waals surface area (Å²) in [6.07, 6.45) is 2.50. The van der Waals surface area contributed by atoms with Gasteiger partial charge in [-0.05, 0) is 0 Å². The number of aliphatic imine (C=N–C) groups is 2. The summed E-state index contributed by atoms with van der Waals surface area (Å²) in [7, 11) is 1.59. The summed E-state index contributed by atoms with van der Waals surface area (Å²) < 4.78 is 9.82. The van der Waals surface area contributed by atoms with Crippen molar-refractivity contribution in [2.24, 2.45) is 15.7 Å². The van der Waals surface area contributed by atoms with Gasteiger partial charge in [-0.2, -0.15) is 0 Å². The number of hydrogen-bond donors (Lipinski definition) is 1. The van der Waals surface area contributed by atoms with Crippen molar-refractivity contribution in [3.05, 3.63) is 0 Å². The van der Waals surface area contributed by atoms with Crippen LogP contribution in [0.1, 0.15) is 6.42 Å². The Hall–Kier alpha value is -1.60. The molecule has 0 saturated heterocycles. The number of esters is 1. The highest BCUT2D eigenvalue weighted by Crippen LogP contribution is 1.97. The van der Waals surface area contributed by atoms with E-state index < -0.39 is 12.1 Å². The van der Waals surface area contributed by atoms with Crippen LogP contribution in [0, 0.1) is 0 Å². The molecule has 1 atom stereocenters. The molecule has 0 radical (unpaired) electrons. The Labute approximate surface area is 99.7 Å². The molecule has 0 aliphatic heterocycles. The van der Waals surface area contributed by atoms with E-state index in [1.807, 2.05) is 0 Å². The highest BCUT2D eigenvalue weighted by molar-refractivity contribution is 5.76. The second kappa shape index (κ2) is 10.9. The van der Waals surface area contributed by atoms with Crippen molar-refractivity contribution in [2.75, 3.05) is 26.9 Å². The summed E-state index contributed by atoms with van der Waals surface area (Å²) in [6.45, 7) is 0.369. The molecule has 0 aromatic heterocycles. The van der Waals surface area contributed by atoms with Crippen LogP contribution in [0.3, 0.4) is 0 Å². The summed E-state index contributed by atoms with van der Waals surface area (Å²) >= 11 is 0. The molecule has 0 aliphatic carbocycles. The van der Waals surface area contributed by atoms with Gasteiger partial charge < -0.3 is 20.0 Å². The van der Waals surface area contributed by atoms with Crippen molar-refractivity contribution in [1.82, 2.24) is 0 Å². The molecule has 0 spiro atoms. The SMILES string of the molecule is CN=CCOC(C=O)CC(=O)OCC=NCN. The van der Waals surface area contributed by atoms with E-state index in [2.05, 4.69) is 9.98 Å². The molecule has 96 valence electrons.